The Morgan fingerprint density at radius 2 is 2.00 bits per heavy atom. The molecule has 108 valence electrons. The van der Waals surface area contributed by atoms with Crippen molar-refractivity contribution in [1.29, 1.82) is 0 Å². The number of nitrogens with two attached hydrogens (primary N) is 1. The molecule has 0 aliphatic heterocycles. The quantitative estimate of drug-likeness (QED) is 0.851. The smallest absolute Gasteiger partial charge is 0.125 e. The maximum absolute atomic E-state index is 13.3. The van der Waals surface area contributed by atoms with Crippen molar-refractivity contribution in [3.8, 4) is 0 Å². The lowest BCUT2D eigenvalue weighted by molar-refractivity contribution is 0.298. The SMILES string of the molecule is CCN(CC(CN)CC(C)(C)C)c1cccc(F)c1. The van der Waals surface area contributed by atoms with Gasteiger partial charge in [0.1, 0.15) is 5.82 Å². The van der Waals surface area contributed by atoms with E-state index in [1.807, 2.05) is 6.07 Å². The summed E-state index contributed by atoms with van der Waals surface area (Å²) >= 11 is 0. The van der Waals surface area contributed by atoms with Crippen molar-refractivity contribution >= 4 is 5.69 Å². The number of rotatable bonds is 6. The van der Waals surface area contributed by atoms with Gasteiger partial charge in [-0.3, -0.25) is 0 Å². The molecule has 0 aliphatic carbocycles. The Bertz CT molecular complexity index is 385. The van der Waals surface area contributed by atoms with Crippen molar-refractivity contribution in [3.05, 3.63) is 30.1 Å². The zero-order valence-corrected chi connectivity index (χ0v) is 12.6. The zero-order valence-electron chi connectivity index (χ0n) is 12.6. The van der Waals surface area contributed by atoms with E-state index in [1.165, 1.54) is 6.07 Å². The Labute approximate surface area is 116 Å². The van der Waals surface area contributed by atoms with Crippen molar-refractivity contribution < 1.29 is 4.39 Å². The summed E-state index contributed by atoms with van der Waals surface area (Å²) in [6, 6.07) is 6.78. The van der Waals surface area contributed by atoms with Crippen molar-refractivity contribution in [2.24, 2.45) is 17.1 Å². The Morgan fingerprint density at radius 3 is 2.47 bits per heavy atom. The summed E-state index contributed by atoms with van der Waals surface area (Å²) in [5.74, 6) is 0.249. The largest absolute Gasteiger partial charge is 0.371 e. The molecule has 2 N–H and O–H groups in total. The Hall–Kier alpha value is -1.09. The van der Waals surface area contributed by atoms with Crippen LogP contribution in [0.2, 0.25) is 0 Å². The van der Waals surface area contributed by atoms with Gasteiger partial charge in [-0.15, -0.1) is 0 Å². The van der Waals surface area contributed by atoms with E-state index in [9.17, 15) is 4.39 Å². The average Bonchev–Trinajstić information content (AvgIpc) is 2.32. The predicted molar refractivity (Wildman–Crippen MR) is 80.9 cm³/mol. The summed E-state index contributed by atoms with van der Waals surface area (Å²) in [5.41, 5.74) is 7.10. The van der Waals surface area contributed by atoms with E-state index < -0.39 is 0 Å². The zero-order chi connectivity index (χ0) is 14.5. The fraction of sp³-hybridized carbons (Fsp3) is 0.625. The van der Waals surface area contributed by atoms with Crippen LogP contribution in [0, 0.1) is 17.2 Å². The number of benzene rings is 1. The molecule has 0 radical (unpaired) electrons. The van der Waals surface area contributed by atoms with Gasteiger partial charge in [0.2, 0.25) is 0 Å². The first-order chi connectivity index (χ1) is 8.85. The van der Waals surface area contributed by atoms with Gasteiger partial charge in [0.15, 0.2) is 0 Å². The van der Waals surface area contributed by atoms with Crippen molar-refractivity contribution in [1.82, 2.24) is 0 Å². The number of nitrogens with zero attached hydrogens (tertiary/aromatic N) is 1. The third-order valence-electron chi connectivity index (χ3n) is 3.27. The first-order valence-corrected chi connectivity index (χ1v) is 7.06. The molecule has 0 aromatic heterocycles. The van der Waals surface area contributed by atoms with Gasteiger partial charge in [0.25, 0.3) is 0 Å². The van der Waals surface area contributed by atoms with Gasteiger partial charge >= 0.3 is 0 Å². The number of hydrogen-bond donors (Lipinski definition) is 1. The van der Waals surface area contributed by atoms with Crippen LogP contribution >= 0.6 is 0 Å². The molecule has 1 aromatic carbocycles. The maximum Gasteiger partial charge on any atom is 0.125 e. The summed E-state index contributed by atoms with van der Waals surface area (Å²) in [5, 5.41) is 0. The third-order valence-corrected chi connectivity index (χ3v) is 3.27. The number of hydrogen-bond acceptors (Lipinski definition) is 2. The second kappa shape index (κ2) is 6.90. The lowest BCUT2D eigenvalue weighted by atomic mass is 9.84. The Morgan fingerprint density at radius 1 is 1.32 bits per heavy atom. The monoisotopic (exact) mass is 266 g/mol. The van der Waals surface area contributed by atoms with Crippen LogP contribution in [0.4, 0.5) is 10.1 Å². The lowest BCUT2D eigenvalue weighted by Gasteiger charge is -2.31. The van der Waals surface area contributed by atoms with Gasteiger partial charge in [-0.05, 0) is 49.4 Å². The lowest BCUT2D eigenvalue weighted by Crippen LogP contribution is -2.35. The molecule has 1 unspecified atom stereocenters. The summed E-state index contributed by atoms with van der Waals surface area (Å²) in [4.78, 5) is 2.20. The minimum absolute atomic E-state index is 0.184. The van der Waals surface area contributed by atoms with Crippen LogP contribution in [-0.4, -0.2) is 19.6 Å². The Kier molecular flexibility index (Phi) is 5.80. The van der Waals surface area contributed by atoms with E-state index in [4.69, 9.17) is 5.73 Å². The van der Waals surface area contributed by atoms with E-state index in [1.54, 1.807) is 12.1 Å². The van der Waals surface area contributed by atoms with Crippen LogP contribution in [0.15, 0.2) is 24.3 Å². The van der Waals surface area contributed by atoms with E-state index in [0.717, 1.165) is 25.2 Å². The molecule has 1 aromatic rings. The molecule has 1 rings (SSSR count). The van der Waals surface area contributed by atoms with E-state index >= 15 is 0 Å². The number of anilines is 1. The summed E-state index contributed by atoms with van der Waals surface area (Å²) < 4.78 is 13.3. The highest BCUT2D eigenvalue weighted by Gasteiger charge is 2.20. The molecule has 2 nitrogen and oxygen atoms in total. The molecule has 0 aliphatic rings. The third kappa shape index (κ3) is 5.60. The van der Waals surface area contributed by atoms with E-state index in [0.29, 0.717) is 12.5 Å². The molecule has 0 saturated heterocycles. The highest BCUT2D eigenvalue weighted by Crippen LogP contribution is 2.26. The standard InChI is InChI=1S/C16H27FN2/c1-5-19(15-8-6-7-14(17)9-15)12-13(11-18)10-16(2,3)4/h6-9,13H,5,10-12,18H2,1-4H3. The predicted octanol–water partition coefficient (Wildman–Crippen LogP) is 3.66. The van der Waals surface area contributed by atoms with E-state index in [-0.39, 0.29) is 11.2 Å². The van der Waals surface area contributed by atoms with E-state index in [2.05, 4.69) is 32.6 Å². The van der Waals surface area contributed by atoms with Crippen molar-refractivity contribution in [2.75, 3.05) is 24.5 Å². The molecule has 19 heavy (non-hydrogen) atoms. The average molecular weight is 266 g/mol. The summed E-state index contributed by atoms with van der Waals surface area (Å²) in [6.45, 7) is 11.2. The molecule has 3 heteroatoms. The normalized spacial score (nSPS) is 13.4. The first-order valence-electron chi connectivity index (χ1n) is 7.06. The van der Waals surface area contributed by atoms with Crippen LogP contribution in [0.25, 0.3) is 0 Å². The maximum atomic E-state index is 13.3. The minimum atomic E-state index is -0.184. The molecular formula is C16H27FN2. The molecular weight excluding hydrogens is 239 g/mol. The molecule has 1 atom stereocenters. The topological polar surface area (TPSA) is 29.3 Å². The second-order valence-corrected chi connectivity index (χ2v) is 6.39. The van der Waals surface area contributed by atoms with Gasteiger partial charge < -0.3 is 10.6 Å². The molecule has 0 amide bonds. The molecule has 0 spiro atoms. The van der Waals surface area contributed by atoms with Gasteiger partial charge in [0, 0.05) is 18.8 Å². The van der Waals surface area contributed by atoms with Gasteiger partial charge in [-0.25, -0.2) is 4.39 Å². The first kappa shape index (κ1) is 16.0. The fourth-order valence-electron chi connectivity index (χ4n) is 2.49. The highest BCUT2D eigenvalue weighted by atomic mass is 19.1. The second-order valence-electron chi connectivity index (χ2n) is 6.39. The van der Waals surface area contributed by atoms with Gasteiger partial charge in [-0.2, -0.15) is 0 Å². The summed E-state index contributed by atoms with van der Waals surface area (Å²) in [6.07, 6.45) is 1.08. The Balaban J connectivity index is 2.75. The van der Waals surface area contributed by atoms with Crippen LogP contribution < -0.4 is 10.6 Å². The number of halogens is 1. The van der Waals surface area contributed by atoms with Crippen molar-refractivity contribution in [2.45, 2.75) is 34.1 Å². The van der Waals surface area contributed by atoms with Gasteiger partial charge in [-0.1, -0.05) is 26.8 Å². The molecule has 0 fully saturated rings. The molecule has 0 saturated carbocycles. The van der Waals surface area contributed by atoms with Crippen molar-refractivity contribution in [3.63, 3.8) is 0 Å². The van der Waals surface area contributed by atoms with Crippen LogP contribution in [0.1, 0.15) is 34.1 Å². The molecule has 0 heterocycles. The molecule has 0 bridgehead atoms. The minimum Gasteiger partial charge on any atom is -0.371 e. The highest BCUT2D eigenvalue weighted by molar-refractivity contribution is 5.46. The fourth-order valence-corrected chi connectivity index (χ4v) is 2.49. The van der Waals surface area contributed by atoms with Gasteiger partial charge in [0.05, 0.1) is 0 Å². The van der Waals surface area contributed by atoms with Crippen LogP contribution in [-0.2, 0) is 0 Å². The van der Waals surface area contributed by atoms with Crippen LogP contribution in [0.5, 0.6) is 0 Å². The summed E-state index contributed by atoms with van der Waals surface area (Å²) in [7, 11) is 0. The van der Waals surface area contributed by atoms with Crippen LogP contribution in [0.3, 0.4) is 0 Å².